The number of carboxylic acids is 1. The largest absolute Gasteiger partial charge is 0.479 e. The van der Waals surface area contributed by atoms with E-state index in [1.165, 1.54) is 7.11 Å². The highest BCUT2D eigenvalue weighted by Crippen LogP contribution is 2.33. The molecule has 0 unspecified atom stereocenters. The van der Waals surface area contributed by atoms with Gasteiger partial charge in [-0.25, -0.2) is 4.79 Å². The number of hydrogen-bond donors (Lipinski definition) is 1. The second kappa shape index (κ2) is 6.77. The number of carboxylic acid groups (broad SMARTS) is 1. The van der Waals surface area contributed by atoms with Crippen molar-refractivity contribution in [2.75, 3.05) is 33.5 Å². The molecule has 8 heteroatoms. The van der Waals surface area contributed by atoms with Crippen LogP contribution in [-0.2, 0) is 19.0 Å². The second-order valence-electron chi connectivity index (χ2n) is 3.29. The van der Waals surface area contributed by atoms with Crippen molar-refractivity contribution in [3.05, 3.63) is 0 Å². The Labute approximate surface area is 96.5 Å². The number of halogens is 3. The quantitative estimate of drug-likeness (QED) is 0.661. The van der Waals surface area contributed by atoms with Crippen LogP contribution >= 0.6 is 0 Å². The molecule has 0 aliphatic carbocycles. The van der Waals surface area contributed by atoms with Gasteiger partial charge in [0.15, 0.2) is 0 Å². The lowest BCUT2D eigenvalue weighted by Gasteiger charge is -2.27. The van der Waals surface area contributed by atoms with E-state index in [9.17, 15) is 18.0 Å². The standard InChI is InChI=1S/C9H15F3O5/c1-8(7(13)14,9(10,11)12)17-6-5-16-4-3-15-2/h3-6H2,1-2H3,(H,13,14)/t8-/m1/s1. The molecule has 0 aliphatic heterocycles. The summed E-state index contributed by atoms with van der Waals surface area (Å²) in [6.07, 6.45) is -4.98. The van der Waals surface area contributed by atoms with Gasteiger partial charge in [0.1, 0.15) is 0 Å². The van der Waals surface area contributed by atoms with Crippen LogP contribution in [0.4, 0.5) is 13.2 Å². The molecular formula is C9H15F3O5. The minimum Gasteiger partial charge on any atom is -0.479 e. The molecule has 0 aromatic carbocycles. The van der Waals surface area contributed by atoms with Gasteiger partial charge in [0.05, 0.1) is 26.4 Å². The van der Waals surface area contributed by atoms with Gasteiger partial charge in [0.2, 0.25) is 0 Å². The van der Waals surface area contributed by atoms with Crippen molar-refractivity contribution in [3.63, 3.8) is 0 Å². The van der Waals surface area contributed by atoms with E-state index < -0.39 is 24.4 Å². The summed E-state index contributed by atoms with van der Waals surface area (Å²) >= 11 is 0. The van der Waals surface area contributed by atoms with E-state index in [2.05, 4.69) is 9.47 Å². The Morgan fingerprint density at radius 1 is 1.18 bits per heavy atom. The Kier molecular flexibility index (Phi) is 6.43. The molecular weight excluding hydrogens is 245 g/mol. The highest BCUT2D eigenvalue weighted by Gasteiger charge is 2.58. The second-order valence-corrected chi connectivity index (χ2v) is 3.29. The van der Waals surface area contributed by atoms with E-state index in [0.717, 1.165) is 0 Å². The molecule has 0 heterocycles. The molecule has 0 radical (unpaired) electrons. The van der Waals surface area contributed by atoms with Gasteiger partial charge in [0, 0.05) is 7.11 Å². The lowest BCUT2D eigenvalue weighted by Crippen LogP contribution is -2.52. The van der Waals surface area contributed by atoms with Crippen LogP contribution in [-0.4, -0.2) is 56.4 Å². The van der Waals surface area contributed by atoms with E-state index >= 15 is 0 Å². The van der Waals surface area contributed by atoms with Crippen molar-refractivity contribution in [1.29, 1.82) is 0 Å². The number of alkyl halides is 3. The maximum absolute atomic E-state index is 12.4. The SMILES string of the molecule is COCCOCCO[C@](C)(C(=O)O)C(F)(F)F. The zero-order valence-corrected chi connectivity index (χ0v) is 9.54. The molecule has 0 spiro atoms. The molecule has 0 saturated heterocycles. The summed E-state index contributed by atoms with van der Waals surface area (Å²) in [4.78, 5) is 10.5. The minimum absolute atomic E-state index is 0.137. The molecule has 0 aromatic heterocycles. The zero-order chi connectivity index (χ0) is 13.5. The maximum atomic E-state index is 12.4. The number of carbonyl (C=O) groups is 1. The highest BCUT2D eigenvalue weighted by molar-refractivity contribution is 5.78. The van der Waals surface area contributed by atoms with Gasteiger partial charge in [0.25, 0.3) is 5.60 Å². The first-order valence-corrected chi connectivity index (χ1v) is 4.76. The van der Waals surface area contributed by atoms with Crippen molar-refractivity contribution in [2.45, 2.75) is 18.7 Å². The van der Waals surface area contributed by atoms with E-state index in [4.69, 9.17) is 9.84 Å². The topological polar surface area (TPSA) is 65.0 Å². The van der Waals surface area contributed by atoms with Gasteiger partial charge in [-0.15, -0.1) is 0 Å². The molecule has 0 aliphatic rings. The van der Waals surface area contributed by atoms with Gasteiger partial charge in [-0.1, -0.05) is 0 Å². The van der Waals surface area contributed by atoms with Gasteiger partial charge < -0.3 is 19.3 Å². The van der Waals surface area contributed by atoms with E-state index in [-0.39, 0.29) is 13.2 Å². The predicted molar refractivity (Wildman–Crippen MR) is 50.7 cm³/mol. The Morgan fingerprint density at radius 3 is 2.12 bits per heavy atom. The summed E-state index contributed by atoms with van der Waals surface area (Å²) < 4.78 is 51.1. The van der Waals surface area contributed by atoms with Crippen molar-refractivity contribution in [2.24, 2.45) is 0 Å². The molecule has 0 fully saturated rings. The van der Waals surface area contributed by atoms with Gasteiger partial charge in [-0.05, 0) is 6.92 Å². The monoisotopic (exact) mass is 260 g/mol. The van der Waals surface area contributed by atoms with Gasteiger partial charge >= 0.3 is 12.1 Å². The highest BCUT2D eigenvalue weighted by atomic mass is 19.4. The predicted octanol–water partition coefficient (Wildman–Crippen LogP) is 1.07. The smallest absolute Gasteiger partial charge is 0.428 e. The summed E-state index contributed by atoms with van der Waals surface area (Å²) in [6.45, 7) is 0.365. The van der Waals surface area contributed by atoms with Gasteiger partial charge in [-0.3, -0.25) is 0 Å². The third kappa shape index (κ3) is 4.88. The Morgan fingerprint density at radius 2 is 1.71 bits per heavy atom. The van der Waals surface area contributed by atoms with Crippen LogP contribution in [0.5, 0.6) is 0 Å². The average Bonchev–Trinajstić information content (AvgIpc) is 2.20. The lowest BCUT2D eigenvalue weighted by atomic mass is 10.1. The number of aliphatic carboxylic acids is 1. The summed E-state index contributed by atoms with van der Waals surface area (Å²) in [5.74, 6) is -2.08. The van der Waals surface area contributed by atoms with Crippen LogP contribution < -0.4 is 0 Å². The van der Waals surface area contributed by atoms with Crippen molar-refractivity contribution in [3.8, 4) is 0 Å². The van der Waals surface area contributed by atoms with Crippen molar-refractivity contribution < 1.29 is 37.3 Å². The first kappa shape index (κ1) is 16.1. The number of hydrogen-bond acceptors (Lipinski definition) is 4. The van der Waals surface area contributed by atoms with Crippen LogP contribution in [0.15, 0.2) is 0 Å². The Balaban J connectivity index is 4.09. The van der Waals surface area contributed by atoms with E-state index in [1.807, 2.05) is 0 Å². The van der Waals surface area contributed by atoms with Crippen LogP contribution in [0.25, 0.3) is 0 Å². The van der Waals surface area contributed by atoms with Gasteiger partial charge in [-0.2, -0.15) is 13.2 Å². The lowest BCUT2D eigenvalue weighted by molar-refractivity contribution is -0.270. The third-order valence-corrected chi connectivity index (χ3v) is 2.00. The minimum atomic E-state index is -4.98. The maximum Gasteiger partial charge on any atom is 0.428 e. The summed E-state index contributed by atoms with van der Waals surface area (Å²) in [7, 11) is 1.45. The Bertz CT molecular complexity index is 243. The van der Waals surface area contributed by atoms with Crippen LogP contribution in [0, 0.1) is 0 Å². The summed E-state index contributed by atoms with van der Waals surface area (Å²) in [6, 6.07) is 0. The summed E-state index contributed by atoms with van der Waals surface area (Å²) in [5.41, 5.74) is -3.21. The molecule has 0 amide bonds. The van der Waals surface area contributed by atoms with Crippen LogP contribution in [0.1, 0.15) is 6.92 Å². The molecule has 0 rings (SSSR count). The fraction of sp³-hybridized carbons (Fsp3) is 0.889. The fourth-order valence-electron chi connectivity index (χ4n) is 0.814. The molecule has 102 valence electrons. The Hall–Kier alpha value is -0.860. The van der Waals surface area contributed by atoms with Crippen molar-refractivity contribution >= 4 is 5.97 Å². The molecule has 17 heavy (non-hydrogen) atoms. The molecule has 1 N–H and O–H groups in total. The normalized spacial score (nSPS) is 15.6. The van der Waals surface area contributed by atoms with Crippen LogP contribution in [0.3, 0.4) is 0 Å². The number of ether oxygens (including phenoxy) is 3. The molecule has 0 saturated carbocycles. The molecule has 0 aromatic rings. The van der Waals surface area contributed by atoms with E-state index in [1.54, 1.807) is 0 Å². The number of methoxy groups -OCH3 is 1. The first-order chi connectivity index (χ1) is 7.75. The number of rotatable bonds is 8. The first-order valence-electron chi connectivity index (χ1n) is 4.76. The average molecular weight is 260 g/mol. The molecule has 1 atom stereocenters. The van der Waals surface area contributed by atoms with Crippen LogP contribution in [0.2, 0.25) is 0 Å². The summed E-state index contributed by atoms with van der Waals surface area (Å²) in [5, 5.41) is 8.50. The van der Waals surface area contributed by atoms with Crippen molar-refractivity contribution in [1.82, 2.24) is 0 Å². The third-order valence-electron chi connectivity index (χ3n) is 2.00. The van der Waals surface area contributed by atoms with E-state index in [0.29, 0.717) is 13.5 Å². The molecule has 5 nitrogen and oxygen atoms in total. The zero-order valence-electron chi connectivity index (χ0n) is 9.54. The fourth-order valence-corrected chi connectivity index (χ4v) is 0.814. The molecule has 0 bridgehead atoms.